The lowest BCUT2D eigenvalue weighted by Crippen LogP contribution is -2.45. The molecule has 0 bridgehead atoms. The first-order valence-corrected chi connectivity index (χ1v) is 9.31. The van der Waals surface area contributed by atoms with E-state index in [1.807, 2.05) is 17.8 Å². The summed E-state index contributed by atoms with van der Waals surface area (Å²) in [5.41, 5.74) is 5.88. The Labute approximate surface area is 159 Å². The van der Waals surface area contributed by atoms with Crippen LogP contribution in [0.3, 0.4) is 0 Å². The molecule has 0 aliphatic carbocycles. The van der Waals surface area contributed by atoms with Crippen molar-refractivity contribution in [3.8, 4) is 0 Å². The zero-order valence-electron chi connectivity index (χ0n) is 14.5. The molecule has 25 heavy (non-hydrogen) atoms. The molecule has 3 rings (SSSR count). The highest BCUT2D eigenvalue weighted by atomic mass is 35.5. The number of nitrogen functional groups attached to an aromatic ring is 1. The van der Waals surface area contributed by atoms with Gasteiger partial charge in [0.1, 0.15) is 5.82 Å². The van der Waals surface area contributed by atoms with Gasteiger partial charge in [0, 0.05) is 37.5 Å². The minimum absolute atomic E-state index is 0. The number of thioether (sulfide) groups is 1. The molecule has 1 fully saturated rings. The summed E-state index contributed by atoms with van der Waals surface area (Å²) in [5.74, 6) is 2.88. The molecule has 0 amide bonds. The van der Waals surface area contributed by atoms with Crippen LogP contribution in [0.15, 0.2) is 35.2 Å². The van der Waals surface area contributed by atoms with Crippen LogP contribution in [0.25, 0.3) is 0 Å². The second kappa shape index (κ2) is 9.79. The maximum Gasteiger partial charge on any atom is 0.230 e. The number of nitrogens with zero attached hydrogens (tertiary/aromatic N) is 5. The molecule has 1 aliphatic heterocycles. The Morgan fingerprint density at radius 2 is 1.76 bits per heavy atom. The van der Waals surface area contributed by atoms with Gasteiger partial charge in [-0.25, -0.2) is 0 Å². The van der Waals surface area contributed by atoms with Crippen molar-refractivity contribution in [3.05, 3.63) is 36.2 Å². The Morgan fingerprint density at radius 1 is 1.04 bits per heavy atom. The molecule has 2 aromatic rings. The van der Waals surface area contributed by atoms with Crippen molar-refractivity contribution in [2.45, 2.75) is 17.7 Å². The number of nitrogens with two attached hydrogens (primary N) is 1. The first kappa shape index (κ1) is 19.8. The molecular weight excluding hydrogens is 356 g/mol. The van der Waals surface area contributed by atoms with Crippen molar-refractivity contribution in [2.24, 2.45) is 0 Å². The van der Waals surface area contributed by atoms with Crippen molar-refractivity contribution in [3.63, 3.8) is 0 Å². The normalized spacial score (nSPS) is 15.0. The number of aromatic nitrogens is 3. The van der Waals surface area contributed by atoms with Gasteiger partial charge in [0.05, 0.1) is 0 Å². The molecule has 1 saturated heterocycles. The number of rotatable bonds is 6. The number of aryl methyl sites for hydroxylation is 1. The summed E-state index contributed by atoms with van der Waals surface area (Å²) < 4.78 is 0. The average molecular weight is 381 g/mol. The van der Waals surface area contributed by atoms with E-state index in [1.54, 1.807) is 0 Å². The summed E-state index contributed by atoms with van der Waals surface area (Å²) in [6.45, 7) is 3.91. The number of benzene rings is 1. The number of likely N-dealkylation sites (N-methyl/N-ethyl adjacent to an activating group) is 1. The van der Waals surface area contributed by atoms with E-state index in [0.717, 1.165) is 56.5 Å². The van der Waals surface area contributed by atoms with Gasteiger partial charge in [-0.05, 0) is 31.4 Å². The fourth-order valence-electron chi connectivity index (χ4n) is 2.62. The van der Waals surface area contributed by atoms with Crippen LogP contribution in [-0.2, 0) is 6.42 Å². The van der Waals surface area contributed by atoms with Gasteiger partial charge >= 0.3 is 0 Å². The molecule has 0 unspecified atom stereocenters. The van der Waals surface area contributed by atoms with E-state index in [9.17, 15) is 0 Å². The molecule has 0 radical (unpaired) electrons. The number of hydrogen-bond acceptors (Lipinski definition) is 7. The van der Waals surface area contributed by atoms with Gasteiger partial charge in [0.15, 0.2) is 0 Å². The maximum atomic E-state index is 5.88. The Hall–Kier alpha value is -1.57. The molecule has 136 valence electrons. The van der Waals surface area contributed by atoms with Gasteiger partial charge in [-0.2, -0.15) is 15.0 Å². The van der Waals surface area contributed by atoms with Gasteiger partial charge in [-0.3, -0.25) is 0 Å². The molecule has 0 spiro atoms. The molecule has 1 aromatic carbocycles. The first-order chi connectivity index (χ1) is 11.7. The van der Waals surface area contributed by atoms with Crippen LogP contribution in [-0.4, -0.2) is 58.8 Å². The lowest BCUT2D eigenvalue weighted by atomic mass is 10.3. The van der Waals surface area contributed by atoms with E-state index < -0.39 is 0 Å². The summed E-state index contributed by atoms with van der Waals surface area (Å²) in [5, 5.41) is 0. The van der Waals surface area contributed by atoms with Crippen LogP contribution >= 0.6 is 24.2 Å². The van der Waals surface area contributed by atoms with Crippen LogP contribution in [0.4, 0.5) is 11.9 Å². The van der Waals surface area contributed by atoms with Crippen molar-refractivity contribution in [1.29, 1.82) is 0 Å². The van der Waals surface area contributed by atoms with E-state index in [-0.39, 0.29) is 12.4 Å². The molecular formula is C17H25ClN6S. The third-order valence-electron chi connectivity index (χ3n) is 4.03. The fraction of sp³-hybridized carbons (Fsp3) is 0.471. The van der Waals surface area contributed by atoms with Crippen molar-refractivity contribution in [2.75, 3.05) is 49.6 Å². The number of anilines is 2. The summed E-state index contributed by atoms with van der Waals surface area (Å²) in [6, 6.07) is 10.4. The van der Waals surface area contributed by atoms with Crippen LogP contribution in [0.1, 0.15) is 12.2 Å². The molecule has 2 heterocycles. The summed E-state index contributed by atoms with van der Waals surface area (Å²) >= 11 is 1.86. The topological polar surface area (TPSA) is 71.2 Å². The number of piperazine rings is 1. The van der Waals surface area contributed by atoms with Crippen molar-refractivity contribution >= 4 is 36.1 Å². The largest absolute Gasteiger partial charge is 0.368 e. The Morgan fingerprint density at radius 3 is 2.48 bits per heavy atom. The highest BCUT2D eigenvalue weighted by molar-refractivity contribution is 7.99. The summed E-state index contributed by atoms with van der Waals surface area (Å²) in [6.07, 6.45) is 1.85. The quantitative estimate of drug-likeness (QED) is 0.609. The Balaban J connectivity index is 0.00000225. The monoisotopic (exact) mass is 380 g/mol. The Kier molecular flexibility index (Phi) is 7.74. The van der Waals surface area contributed by atoms with Crippen LogP contribution < -0.4 is 10.6 Å². The smallest absolute Gasteiger partial charge is 0.230 e. The molecule has 6 nitrogen and oxygen atoms in total. The van der Waals surface area contributed by atoms with Crippen LogP contribution in [0.2, 0.25) is 0 Å². The van der Waals surface area contributed by atoms with Crippen molar-refractivity contribution < 1.29 is 0 Å². The second-order valence-electron chi connectivity index (χ2n) is 5.97. The standard InChI is InChI=1S/C17H24N6S.ClH/c1-22-9-11-23(12-10-22)17-20-15(19-16(18)21-17)8-5-13-24-14-6-3-2-4-7-14;/h2-4,6-7H,5,8-13H2,1H3,(H2,18,19,20,21);1H. The zero-order chi connectivity index (χ0) is 16.8. The highest BCUT2D eigenvalue weighted by Crippen LogP contribution is 2.19. The third kappa shape index (κ3) is 6.02. The molecule has 1 aliphatic rings. The predicted octanol–water partition coefficient (Wildman–Crippen LogP) is 2.35. The van der Waals surface area contributed by atoms with E-state index in [1.165, 1.54) is 4.90 Å². The zero-order valence-corrected chi connectivity index (χ0v) is 16.1. The van der Waals surface area contributed by atoms with Crippen LogP contribution in [0.5, 0.6) is 0 Å². The summed E-state index contributed by atoms with van der Waals surface area (Å²) in [7, 11) is 2.13. The molecule has 0 atom stereocenters. The van der Waals surface area contributed by atoms with Gasteiger partial charge in [0.25, 0.3) is 0 Å². The average Bonchev–Trinajstić information content (AvgIpc) is 2.60. The Bertz CT molecular complexity index is 649. The lowest BCUT2D eigenvalue weighted by Gasteiger charge is -2.32. The maximum absolute atomic E-state index is 5.88. The lowest BCUT2D eigenvalue weighted by molar-refractivity contribution is 0.311. The van der Waals surface area contributed by atoms with E-state index in [4.69, 9.17) is 5.73 Å². The fourth-order valence-corrected chi connectivity index (χ4v) is 3.50. The molecule has 0 saturated carbocycles. The molecule has 1 aromatic heterocycles. The van der Waals surface area contributed by atoms with E-state index in [0.29, 0.717) is 5.95 Å². The molecule has 8 heteroatoms. The second-order valence-corrected chi connectivity index (χ2v) is 7.13. The van der Waals surface area contributed by atoms with Gasteiger partial charge in [-0.15, -0.1) is 24.2 Å². The predicted molar refractivity (Wildman–Crippen MR) is 107 cm³/mol. The van der Waals surface area contributed by atoms with E-state index >= 15 is 0 Å². The van der Waals surface area contributed by atoms with E-state index in [2.05, 4.69) is 56.1 Å². The van der Waals surface area contributed by atoms with Gasteiger partial charge in [0.2, 0.25) is 11.9 Å². The minimum atomic E-state index is 0. The number of hydrogen-bond donors (Lipinski definition) is 1. The SMILES string of the molecule is CN1CCN(c2nc(N)nc(CCCSc3ccccc3)n2)CC1.Cl. The first-order valence-electron chi connectivity index (χ1n) is 8.32. The molecule has 2 N–H and O–H groups in total. The number of halogens is 1. The summed E-state index contributed by atoms with van der Waals surface area (Å²) in [4.78, 5) is 19.0. The highest BCUT2D eigenvalue weighted by Gasteiger charge is 2.17. The third-order valence-corrected chi connectivity index (χ3v) is 5.13. The minimum Gasteiger partial charge on any atom is -0.368 e. The van der Waals surface area contributed by atoms with Gasteiger partial charge in [-0.1, -0.05) is 18.2 Å². The van der Waals surface area contributed by atoms with Crippen molar-refractivity contribution in [1.82, 2.24) is 19.9 Å². The van der Waals surface area contributed by atoms with Gasteiger partial charge < -0.3 is 15.5 Å². The van der Waals surface area contributed by atoms with Crippen LogP contribution in [0, 0.1) is 0 Å².